The molecule has 3 N–H and O–H groups in total. The van der Waals surface area contributed by atoms with Gasteiger partial charge in [-0.05, 0) is 17.7 Å². The van der Waals surface area contributed by atoms with Crippen LogP contribution in [0.15, 0.2) is 36.8 Å². The van der Waals surface area contributed by atoms with Gasteiger partial charge < -0.3 is 15.5 Å². The fraction of sp³-hybridized carbons (Fsp3) is 0.286. The third-order valence-electron chi connectivity index (χ3n) is 2.95. The first kappa shape index (κ1) is 19.4. The van der Waals surface area contributed by atoms with Crippen LogP contribution in [-0.4, -0.2) is 28.9 Å². The van der Waals surface area contributed by atoms with Crippen LogP contribution in [0.4, 0.5) is 0 Å². The summed E-state index contributed by atoms with van der Waals surface area (Å²) in [5.74, 6) is 0.790. The van der Waals surface area contributed by atoms with Gasteiger partial charge in [0.1, 0.15) is 5.75 Å². The van der Waals surface area contributed by atoms with Gasteiger partial charge in [-0.2, -0.15) is 0 Å². The molecule has 2 aromatic rings. The standard InChI is InChI=1S/C14H17N3O2.2ClH/c1-19-12-4-2-10(3-5-12)6-14(18)13(15)7-11-8-16-9-17-11;;/h2-5,8-9,13H,6-7,15H2,1H3,(H,16,17);2*1H/t13-;;/m0../s1. The largest absolute Gasteiger partial charge is 0.497 e. The van der Waals surface area contributed by atoms with Crippen molar-refractivity contribution in [1.29, 1.82) is 0 Å². The van der Waals surface area contributed by atoms with Crippen molar-refractivity contribution in [2.75, 3.05) is 7.11 Å². The van der Waals surface area contributed by atoms with Gasteiger partial charge in [-0.3, -0.25) is 4.79 Å². The number of aromatic nitrogens is 2. The molecule has 0 bridgehead atoms. The van der Waals surface area contributed by atoms with Gasteiger partial charge in [0.05, 0.1) is 19.5 Å². The van der Waals surface area contributed by atoms with E-state index >= 15 is 0 Å². The van der Waals surface area contributed by atoms with Crippen LogP contribution in [0.3, 0.4) is 0 Å². The van der Waals surface area contributed by atoms with Gasteiger partial charge in [0.15, 0.2) is 5.78 Å². The van der Waals surface area contributed by atoms with Crippen LogP contribution >= 0.6 is 24.8 Å². The molecular weight excluding hydrogens is 313 g/mol. The van der Waals surface area contributed by atoms with Gasteiger partial charge in [-0.25, -0.2) is 4.98 Å². The molecule has 0 fully saturated rings. The Labute approximate surface area is 136 Å². The van der Waals surface area contributed by atoms with Crippen molar-refractivity contribution in [3.05, 3.63) is 48.0 Å². The number of hydrogen-bond acceptors (Lipinski definition) is 4. The third-order valence-corrected chi connectivity index (χ3v) is 2.95. The zero-order valence-electron chi connectivity index (χ0n) is 11.6. The lowest BCUT2D eigenvalue weighted by molar-refractivity contribution is -0.119. The number of imidazole rings is 1. The monoisotopic (exact) mass is 331 g/mol. The first-order valence-corrected chi connectivity index (χ1v) is 6.07. The summed E-state index contributed by atoms with van der Waals surface area (Å²) in [6.45, 7) is 0. The molecular formula is C14H19Cl2N3O2. The summed E-state index contributed by atoms with van der Waals surface area (Å²) >= 11 is 0. The average molecular weight is 332 g/mol. The van der Waals surface area contributed by atoms with E-state index in [0.29, 0.717) is 12.8 Å². The molecule has 5 nitrogen and oxygen atoms in total. The van der Waals surface area contributed by atoms with Crippen molar-refractivity contribution >= 4 is 30.6 Å². The number of halogens is 2. The minimum atomic E-state index is -0.512. The Balaban J connectivity index is 0.00000200. The van der Waals surface area contributed by atoms with Crippen LogP contribution in [-0.2, 0) is 17.6 Å². The first-order chi connectivity index (χ1) is 9.19. The summed E-state index contributed by atoms with van der Waals surface area (Å²) in [6.07, 6.45) is 4.07. The molecule has 0 saturated carbocycles. The second-order valence-corrected chi connectivity index (χ2v) is 4.38. The van der Waals surface area contributed by atoms with Crippen LogP contribution in [0, 0.1) is 0 Å². The van der Waals surface area contributed by atoms with Crippen LogP contribution in [0.25, 0.3) is 0 Å². The van der Waals surface area contributed by atoms with Crippen LogP contribution in [0.5, 0.6) is 5.75 Å². The van der Waals surface area contributed by atoms with Crippen molar-refractivity contribution in [2.45, 2.75) is 18.9 Å². The zero-order valence-corrected chi connectivity index (χ0v) is 13.2. The first-order valence-electron chi connectivity index (χ1n) is 6.07. The summed E-state index contributed by atoms with van der Waals surface area (Å²) in [7, 11) is 1.61. The highest BCUT2D eigenvalue weighted by Crippen LogP contribution is 2.12. The number of nitrogens with zero attached hydrogens (tertiary/aromatic N) is 1. The molecule has 2 rings (SSSR count). The molecule has 0 amide bonds. The molecule has 7 heteroatoms. The molecule has 0 aliphatic rings. The minimum Gasteiger partial charge on any atom is -0.497 e. The van der Waals surface area contributed by atoms with Gasteiger partial charge in [-0.15, -0.1) is 24.8 Å². The number of H-pyrrole nitrogens is 1. The number of carbonyl (C=O) groups excluding carboxylic acids is 1. The van der Waals surface area contributed by atoms with E-state index in [9.17, 15) is 4.79 Å². The second kappa shape index (κ2) is 9.39. The summed E-state index contributed by atoms with van der Waals surface area (Å²) in [5.41, 5.74) is 7.70. The number of methoxy groups -OCH3 is 1. The number of rotatable bonds is 6. The summed E-state index contributed by atoms with van der Waals surface area (Å²) in [6, 6.07) is 6.91. The predicted molar refractivity (Wildman–Crippen MR) is 86.5 cm³/mol. The molecule has 0 aliphatic heterocycles. The number of ketones is 1. The van der Waals surface area contributed by atoms with E-state index in [1.54, 1.807) is 19.6 Å². The van der Waals surface area contributed by atoms with Crippen molar-refractivity contribution in [3.63, 3.8) is 0 Å². The third kappa shape index (κ3) is 5.75. The molecule has 21 heavy (non-hydrogen) atoms. The highest BCUT2D eigenvalue weighted by molar-refractivity contribution is 5.86. The topological polar surface area (TPSA) is 81.0 Å². The maximum Gasteiger partial charge on any atom is 0.154 e. The minimum absolute atomic E-state index is 0. The lowest BCUT2D eigenvalue weighted by Crippen LogP contribution is -2.34. The van der Waals surface area contributed by atoms with E-state index in [1.165, 1.54) is 0 Å². The summed E-state index contributed by atoms with van der Waals surface area (Å²) in [4.78, 5) is 18.8. The molecule has 0 radical (unpaired) electrons. The van der Waals surface area contributed by atoms with Gasteiger partial charge in [-0.1, -0.05) is 12.1 Å². The maximum atomic E-state index is 12.0. The number of carbonyl (C=O) groups is 1. The predicted octanol–water partition coefficient (Wildman–Crippen LogP) is 1.94. The lowest BCUT2D eigenvalue weighted by Gasteiger charge is -2.09. The van der Waals surface area contributed by atoms with Gasteiger partial charge in [0, 0.05) is 24.7 Å². The Morgan fingerprint density at radius 2 is 2.00 bits per heavy atom. The summed E-state index contributed by atoms with van der Waals surface area (Å²) in [5, 5.41) is 0. The van der Waals surface area contributed by atoms with E-state index in [0.717, 1.165) is 17.0 Å². The average Bonchev–Trinajstić information content (AvgIpc) is 2.92. The zero-order chi connectivity index (χ0) is 13.7. The molecule has 0 aliphatic carbocycles. The van der Waals surface area contributed by atoms with Crippen LogP contribution in [0.1, 0.15) is 11.3 Å². The van der Waals surface area contributed by atoms with Crippen LogP contribution in [0.2, 0.25) is 0 Å². The molecule has 1 aromatic carbocycles. The Bertz CT molecular complexity index is 530. The fourth-order valence-electron chi connectivity index (χ4n) is 1.82. The van der Waals surface area contributed by atoms with Crippen molar-refractivity contribution in [1.82, 2.24) is 9.97 Å². The van der Waals surface area contributed by atoms with Crippen molar-refractivity contribution < 1.29 is 9.53 Å². The Morgan fingerprint density at radius 3 is 2.52 bits per heavy atom. The molecule has 1 heterocycles. The van der Waals surface area contributed by atoms with E-state index in [4.69, 9.17) is 10.5 Å². The van der Waals surface area contributed by atoms with E-state index in [-0.39, 0.29) is 30.6 Å². The molecule has 1 atom stereocenters. The Hall–Kier alpha value is -1.56. The van der Waals surface area contributed by atoms with E-state index in [2.05, 4.69) is 9.97 Å². The number of aromatic amines is 1. The fourth-order valence-corrected chi connectivity index (χ4v) is 1.82. The van der Waals surface area contributed by atoms with E-state index < -0.39 is 6.04 Å². The number of hydrogen-bond donors (Lipinski definition) is 2. The molecule has 116 valence electrons. The highest BCUT2D eigenvalue weighted by Gasteiger charge is 2.15. The van der Waals surface area contributed by atoms with Gasteiger partial charge in [0.2, 0.25) is 0 Å². The van der Waals surface area contributed by atoms with Gasteiger partial charge in [0.25, 0.3) is 0 Å². The molecule has 0 spiro atoms. The summed E-state index contributed by atoms with van der Waals surface area (Å²) < 4.78 is 5.07. The van der Waals surface area contributed by atoms with Crippen LogP contribution < -0.4 is 10.5 Å². The lowest BCUT2D eigenvalue weighted by atomic mass is 10.0. The normalized spacial score (nSPS) is 11.0. The number of benzene rings is 1. The smallest absolute Gasteiger partial charge is 0.154 e. The van der Waals surface area contributed by atoms with Crippen molar-refractivity contribution in [3.8, 4) is 5.75 Å². The number of ether oxygens (including phenoxy) is 1. The maximum absolute atomic E-state index is 12.0. The van der Waals surface area contributed by atoms with Gasteiger partial charge >= 0.3 is 0 Å². The molecule has 1 aromatic heterocycles. The number of nitrogens with two attached hydrogens (primary N) is 1. The quantitative estimate of drug-likeness (QED) is 0.847. The highest BCUT2D eigenvalue weighted by atomic mass is 35.5. The SMILES string of the molecule is COc1ccc(CC(=O)[C@@H](N)Cc2cnc[nH]2)cc1.Cl.Cl. The molecule has 0 saturated heterocycles. The molecule has 0 unspecified atom stereocenters. The Morgan fingerprint density at radius 1 is 1.33 bits per heavy atom. The van der Waals surface area contributed by atoms with E-state index in [1.807, 2.05) is 24.3 Å². The van der Waals surface area contributed by atoms with Crippen molar-refractivity contribution in [2.24, 2.45) is 5.73 Å². The second-order valence-electron chi connectivity index (χ2n) is 4.38. The number of nitrogens with one attached hydrogen (secondary N) is 1. The number of Topliss-reactive ketones (excluding diaryl/α,β-unsaturated/α-hetero) is 1. The Kier molecular flexibility index (Phi) is 8.69.